The molecule has 0 saturated carbocycles. The minimum atomic E-state index is 0.000404. The zero-order chi connectivity index (χ0) is 14.5. The molecular weight excluding hydrogens is 254 g/mol. The largest absolute Gasteiger partial charge is 0.494 e. The van der Waals surface area contributed by atoms with Crippen molar-refractivity contribution in [1.29, 1.82) is 5.26 Å². The second-order valence-corrected chi connectivity index (χ2v) is 4.30. The lowest BCUT2D eigenvalue weighted by Crippen LogP contribution is -2.06. The average molecular weight is 269 g/mol. The monoisotopic (exact) mass is 269 g/mol. The normalized spacial score (nSPS) is 10.1. The number of Topliss-reactive ketones (excluding diaryl/α,β-unsaturated/α-hetero) is 1. The second-order valence-electron chi connectivity index (χ2n) is 4.30. The third-order valence-corrected chi connectivity index (χ3v) is 2.92. The van der Waals surface area contributed by atoms with Crippen LogP contribution in [0.1, 0.15) is 35.6 Å². The molecule has 1 aromatic carbocycles. The Morgan fingerprint density at radius 2 is 2.30 bits per heavy atom. The van der Waals surface area contributed by atoms with Gasteiger partial charge in [0.25, 0.3) is 0 Å². The van der Waals surface area contributed by atoms with Gasteiger partial charge in [0.15, 0.2) is 5.78 Å². The van der Waals surface area contributed by atoms with Crippen molar-refractivity contribution in [2.24, 2.45) is 0 Å². The van der Waals surface area contributed by atoms with Gasteiger partial charge >= 0.3 is 0 Å². The molecule has 1 heterocycles. The molecule has 0 unspecified atom stereocenters. The van der Waals surface area contributed by atoms with Gasteiger partial charge in [0, 0.05) is 23.5 Å². The first-order valence-corrected chi connectivity index (χ1v) is 6.33. The van der Waals surface area contributed by atoms with E-state index < -0.39 is 0 Å². The Balaban J connectivity index is 2.40. The number of imidazole rings is 1. The Morgan fingerprint density at radius 1 is 1.50 bits per heavy atom. The summed E-state index contributed by atoms with van der Waals surface area (Å²) in [5.41, 5.74) is 1.48. The zero-order valence-electron chi connectivity index (χ0n) is 11.5. The Hall–Kier alpha value is -2.61. The molecule has 0 radical (unpaired) electrons. The summed E-state index contributed by atoms with van der Waals surface area (Å²) in [6.07, 6.45) is 3.31. The van der Waals surface area contributed by atoms with Crippen LogP contribution in [-0.2, 0) is 6.54 Å². The summed E-state index contributed by atoms with van der Waals surface area (Å²) in [4.78, 5) is 15.4. The Labute approximate surface area is 117 Å². The molecule has 0 fully saturated rings. The fourth-order valence-corrected chi connectivity index (χ4v) is 1.95. The Kier molecular flexibility index (Phi) is 4.16. The molecule has 1 aromatic heterocycles. The molecule has 0 bridgehead atoms. The molecule has 102 valence electrons. The molecule has 5 nitrogen and oxygen atoms in total. The first-order valence-electron chi connectivity index (χ1n) is 6.33. The highest BCUT2D eigenvalue weighted by atomic mass is 16.5. The molecule has 0 aliphatic rings. The molecular formula is C15H15N3O2. The van der Waals surface area contributed by atoms with Crippen molar-refractivity contribution in [3.8, 4) is 11.8 Å². The maximum Gasteiger partial charge on any atom is 0.213 e. The zero-order valence-corrected chi connectivity index (χ0v) is 11.5. The van der Waals surface area contributed by atoms with Gasteiger partial charge in [0.1, 0.15) is 11.8 Å². The van der Waals surface area contributed by atoms with Gasteiger partial charge in [0.05, 0.1) is 13.2 Å². The van der Waals surface area contributed by atoms with Crippen molar-refractivity contribution in [2.45, 2.75) is 20.4 Å². The van der Waals surface area contributed by atoms with E-state index in [0.29, 0.717) is 24.5 Å². The van der Waals surface area contributed by atoms with E-state index in [0.717, 1.165) is 11.3 Å². The fraction of sp³-hybridized carbons (Fsp3) is 0.267. The molecule has 2 rings (SSSR count). The maximum atomic E-state index is 11.5. The van der Waals surface area contributed by atoms with Crippen LogP contribution in [0.5, 0.6) is 5.75 Å². The van der Waals surface area contributed by atoms with Crippen LogP contribution in [0.2, 0.25) is 0 Å². The lowest BCUT2D eigenvalue weighted by atomic mass is 10.1. The summed E-state index contributed by atoms with van der Waals surface area (Å²) >= 11 is 0. The highest BCUT2D eigenvalue weighted by molar-refractivity contribution is 5.94. The number of rotatable bonds is 5. The smallest absolute Gasteiger partial charge is 0.213 e. The number of nitriles is 1. The first-order chi connectivity index (χ1) is 9.65. The van der Waals surface area contributed by atoms with Gasteiger partial charge in [-0.15, -0.1) is 0 Å². The highest BCUT2D eigenvalue weighted by Gasteiger charge is 2.10. The summed E-state index contributed by atoms with van der Waals surface area (Å²) in [5.74, 6) is 1.05. The first kappa shape index (κ1) is 13.8. The lowest BCUT2D eigenvalue weighted by Gasteiger charge is -2.12. The lowest BCUT2D eigenvalue weighted by molar-refractivity contribution is 0.101. The van der Waals surface area contributed by atoms with Gasteiger partial charge < -0.3 is 9.30 Å². The summed E-state index contributed by atoms with van der Waals surface area (Å²) in [5, 5.41) is 8.98. The second kappa shape index (κ2) is 6.02. The third kappa shape index (κ3) is 2.86. The number of hydrogen-bond donors (Lipinski definition) is 0. The summed E-state index contributed by atoms with van der Waals surface area (Å²) < 4.78 is 7.29. The number of hydrogen-bond acceptors (Lipinski definition) is 4. The standard InChI is InChI=1S/C15H15N3O2/c1-3-20-14-5-4-12(11(2)19)8-13(14)10-18-7-6-17-15(18)9-16/h4-8H,3,10H2,1-2H3. The van der Waals surface area contributed by atoms with E-state index in [2.05, 4.69) is 4.98 Å². The third-order valence-electron chi connectivity index (χ3n) is 2.92. The molecule has 0 aliphatic heterocycles. The summed E-state index contributed by atoms with van der Waals surface area (Å²) in [6.45, 7) is 4.42. The van der Waals surface area contributed by atoms with Crippen molar-refractivity contribution in [1.82, 2.24) is 9.55 Å². The van der Waals surface area contributed by atoms with Crippen LogP contribution in [0.15, 0.2) is 30.6 Å². The van der Waals surface area contributed by atoms with E-state index in [9.17, 15) is 4.79 Å². The number of carbonyl (C=O) groups excluding carboxylic acids is 1. The predicted molar refractivity (Wildman–Crippen MR) is 73.7 cm³/mol. The fourth-order valence-electron chi connectivity index (χ4n) is 1.95. The van der Waals surface area contributed by atoms with Gasteiger partial charge in [0.2, 0.25) is 5.82 Å². The molecule has 0 amide bonds. The molecule has 2 aromatic rings. The topological polar surface area (TPSA) is 67.9 Å². The minimum absolute atomic E-state index is 0.000404. The summed E-state index contributed by atoms with van der Waals surface area (Å²) in [6, 6.07) is 7.37. The van der Waals surface area contributed by atoms with Gasteiger partial charge in [-0.1, -0.05) is 0 Å². The van der Waals surface area contributed by atoms with Crippen molar-refractivity contribution in [2.75, 3.05) is 6.61 Å². The molecule has 0 saturated heterocycles. The minimum Gasteiger partial charge on any atom is -0.494 e. The van der Waals surface area contributed by atoms with Crippen molar-refractivity contribution < 1.29 is 9.53 Å². The Bertz CT molecular complexity index is 668. The number of ether oxygens (including phenoxy) is 1. The summed E-state index contributed by atoms with van der Waals surface area (Å²) in [7, 11) is 0. The number of ketones is 1. The molecule has 20 heavy (non-hydrogen) atoms. The van der Waals surface area contributed by atoms with Crippen LogP contribution < -0.4 is 4.74 Å². The van der Waals surface area contributed by atoms with Crippen LogP contribution in [0.4, 0.5) is 0 Å². The van der Waals surface area contributed by atoms with Gasteiger partial charge in [-0.05, 0) is 32.0 Å². The van der Waals surface area contributed by atoms with Crippen LogP contribution in [0.3, 0.4) is 0 Å². The van der Waals surface area contributed by atoms with Crippen molar-refractivity contribution >= 4 is 5.78 Å². The number of benzene rings is 1. The number of nitrogens with zero attached hydrogens (tertiary/aromatic N) is 3. The van der Waals surface area contributed by atoms with E-state index in [1.54, 1.807) is 35.2 Å². The highest BCUT2D eigenvalue weighted by Crippen LogP contribution is 2.22. The van der Waals surface area contributed by atoms with Crippen LogP contribution in [0, 0.1) is 11.3 Å². The van der Waals surface area contributed by atoms with Crippen LogP contribution >= 0.6 is 0 Å². The average Bonchev–Trinajstić information content (AvgIpc) is 2.88. The van der Waals surface area contributed by atoms with Crippen molar-refractivity contribution in [3.63, 3.8) is 0 Å². The van der Waals surface area contributed by atoms with Gasteiger partial charge in [-0.25, -0.2) is 4.98 Å². The van der Waals surface area contributed by atoms with Crippen LogP contribution in [-0.4, -0.2) is 21.9 Å². The van der Waals surface area contributed by atoms with Gasteiger partial charge in [-0.3, -0.25) is 4.79 Å². The van der Waals surface area contributed by atoms with Crippen LogP contribution in [0.25, 0.3) is 0 Å². The molecule has 0 atom stereocenters. The maximum absolute atomic E-state index is 11.5. The van der Waals surface area contributed by atoms with E-state index >= 15 is 0 Å². The SMILES string of the molecule is CCOc1ccc(C(C)=O)cc1Cn1ccnc1C#N. The van der Waals surface area contributed by atoms with E-state index in [1.165, 1.54) is 6.92 Å². The van der Waals surface area contributed by atoms with Crippen molar-refractivity contribution in [3.05, 3.63) is 47.5 Å². The predicted octanol–water partition coefficient (Wildman–Crippen LogP) is 2.40. The quantitative estimate of drug-likeness (QED) is 0.782. The van der Waals surface area contributed by atoms with E-state index in [-0.39, 0.29) is 5.78 Å². The molecule has 0 N–H and O–H groups in total. The van der Waals surface area contributed by atoms with E-state index in [1.807, 2.05) is 13.0 Å². The number of aromatic nitrogens is 2. The number of carbonyl (C=O) groups is 1. The molecule has 0 aliphatic carbocycles. The molecule has 0 spiro atoms. The molecule has 5 heteroatoms. The Morgan fingerprint density at radius 3 is 2.95 bits per heavy atom. The van der Waals surface area contributed by atoms with E-state index in [4.69, 9.17) is 10.00 Å². The van der Waals surface area contributed by atoms with Gasteiger partial charge in [-0.2, -0.15) is 5.26 Å².